The molecule has 0 amide bonds. The van der Waals surface area contributed by atoms with Crippen molar-refractivity contribution in [3.8, 4) is 0 Å². The number of aliphatic hydroxyl groups is 1. The van der Waals surface area contributed by atoms with Crippen LogP contribution in [0.3, 0.4) is 0 Å². The summed E-state index contributed by atoms with van der Waals surface area (Å²) in [4.78, 5) is 0. The monoisotopic (exact) mass is 153 g/mol. The number of hydrogen-bond acceptors (Lipinski definition) is 4. The van der Waals surface area contributed by atoms with Gasteiger partial charge in [0.25, 0.3) is 6.35 Å². The van der Waals surface area contributed by atoms with Crippen molar-refractivity contribution in [2.24, 2.45) is 0 Å². The Labute approximate surface area is 54.6 Å². The van der Waals surface area contributed by atoms with Gasteiger partial charge in [0.15, 0.2) is 0 Å². The Hall–Kier alpha value is -0.0200. The van der Waals surface area contributed by atoms with Crippen molar-refractivity contribution in [1.29, 1.82) is 0 Å². The van der Waals surface area contributed by atoms with E-state index in [1.54, 1.807) is 0 Å². The quantitative estimate of drug-likeness (QED) is 0.457. The summed E-state index contributed by atoms with van der Waals surface area (Å²) in [5, 5.41) is 8.18. The van der Waals surface area contributed by atoms with Crippen molar-refractivity contribution in [2.75, 3.05) is 26.7 Å². The average molecular weight is 153 g/mol. The fraction of sp³-hybridized carbons (Fsp3) is 1.00. The van der Waals surface area contributed by atoms with Gasteiger partial charge in [-0.3, -0.25) is 0 Å². The molecule has 1 unspecified atom stereocenters. The minimum atomic E-state index is -1.86. The Balaban J connectivity index is 2.97. The number of methoxy groups -OCH3 is 1. The number of hydrogen-bond donors (Lipinski definition) is 1. The molecule has 0 rings (SSSR count). The molecule has 0 aromatic carbocycles. The van der Waals surface area contributed by atoms with Crippen LogP contribution >= 0.6 is 8.03 Å². The summed E-state index contributed by atoms with van der Waals surface area (Å²) in [6, 6.07) is 0. The van der Waals surface area contributed by atoms with Crippen LogP contribution in [-0.4, -0.2) is 31.8 Å². The van der Waals surface area contributed by atoms with Crippen LogP contribution in [-0.2, 0) is 13.8 Å². The summed E-state index contributed by atoms with van der Waals surface area (Å²) in [6.45, 7) is 0.674. The van der Waals surface area contributed by atoms with E-state index in [-0.39, 0.29) is 6.61 Å². The predicted octanol–water partition coefficient (Wildman–Crippen LogP) is 0.342. The maximum Gasteiger partial charge on any atom is 0.536 e. The highest BCUT2D eigenvalue weighted by Crippen LogP contribution is 2.18. The first-order valence-corrected chi connectivity index (χ1v) is 3.85. The third kappa shape index (κ3) is 5.86. The summed E-state index contributed by atoms with van der Waals surface area (Å²) in [7, 11) is -0.341. The Morgan fingerprint density at radius 1 is 1.56 bits per heavy atom. The Morgan fingerprint density at radius 3 is 2.67 bits per heavy atom. The van der Waals surface area contributed by atoms with Crippen LogP contribution in [0.2, 0.25) is 0 Å². The van der Waals surface area contributed by atoms with Crippen molar-refractivity contribution in [3.05, 3.63) is 0 Å². The highest BCUT2D eigenvalue weighted by atomic mass is 31.1. The van der Waals surface area contributed by atoms with Crippen LogP contribution in [0.15, 0.2) is 0 Å². The highest BCUT2D eigenvalue weighted by Gasteiger charge is 2.12. The molecule has 1 N–H and O–H groups in total. The van der Waals surface area contributed by atoms with Crippen LogP contribution in [0.5, 0.6) is 0 Å². The summed E-state index contributed by atoms with van der Waals surface area (Å²) < 4.78 is 19.5. The molecule has 0 saturated carbocycles. The molecule has 0 fully saturated rings. The molecular formula is C4H10O4P+. The summed E-state index contributed by atoms with van der Waals surface area (Å²) in [5.41, 5.74) is 0. The summed E-state index contributed by atoms with van der Waals surface area (Å²) >= 11 is 0. The second kappa shape index (κ2) is 6.11. The van der Waals surface area contributed by atoms with E-state index in [1.807, 2.05) is 0 Å². The molecule has 5 heteroatoms. The highest BCUT2D eigenvalue weighted by molar-refractivity contribution is 7.38. The van der Waals surface area contributed by atoms with Gasteiger partial charge in [-0.15, -0.1) is 4.52 Å². The van der Waals surface area contributed by atoms with E-state index in [0.717, 1.165) is 0 Å². The second-order valence-electron chi connectivity index (χ2n) is 1.30. The number of ether oxygens (including phenoxy) is 1. The third-order valence-electron chi connectivity index (χ3n) is 0.638. The van der Waals surface area contributed by atoms with Gasteiger partial charge < -0.3 is 9.84 Å². The molecule has 0 radical (unpaired) electrons. The van der Waals surface area contributed by atoms with E-state index in [9.17, 15) is 4.57 Å². The minimum Gasteiger partial charge on any atom is -0.382 e. The topological polar surface area (TPSA) is 55.8 Å². The first-order valence-electron chi connectivity index (χ1n) is 2.48. The van der Waals surface area contributed by atoms with E-state index in [2.05, 4.69) is 9.26 Å². The maximum atomic E-state index is 10.3. The Bertz CT molecular complexity index is 84.6. The lowest BCUT2D eigenvalue weighted by molar-refractivity contribution is 0.148. The van der Waals surface area contributed by atoms with E-state index in [4.69, 9.17) is 5.11 Å². The lowest BCUT2D eigenvalue weighted by Gasteiger charge is -1.88. The molecule has 1 atom stereocenters. The molecule has 54 valence electrons. The van der Waals surface area contributed by atoms with Gasteiger partial charge in [0.2, 0.25) is 0 Å². The predicted molar refractivity (Wildman–Crippen MR) is 32.5 cm³/mol. The van der Waals surface area contributed by atoms with Gasteiger partial charge in [0.05, 0.1) is 6.61 Å². The average Bonchev–Trinajstić information content (AvgIpc) is 1.89. The van der Waals surface area contributed by atoms with Gasteiger partial charge in [-0.05, 0) is 4.57 Å². The van der Waals surface area contributed by atoms with E-state index < -0.39 is 14.4 Å². The van der Waals surface area contributed by atoms with Crippen molar-refractivity contribution < 1.29 is 18.9 Å². The first kappa shape index (κ1) is 8.98. The molecule has 0 bridgehead atoms. The fourth-order valence-electron chi connectivity index (χ4n) is 0.263. The van der Waals surface area contributed by atoms with E-state index >= 15 is 0 Å². The van der Waals surface area contributed by atoms with Crippen LogP contribution in [0, 0.1) is 0 Å². The zero-order valence-electron chi connectivity index (χ0n) is 5.24. The lowest BCUT2D eigenvalue weighted by Crippen LogP contribution is -1.96. The molecule has 0 aromatic rings. The maximum absolute atomic E-state index is 10.3. The molecule has 0 aliphatic rings. The van der Waals surface area contributed by atoms with Gasteiger partial charge in [-0.1, -0.05) is 0 Å². The van der Waals surface area contributed by atoms with E-state index in [1.165, 1.54) is 7.11 Å². The molecule has 0 saturated heterocycles. The van der Waals surface area contributed by atoms with E-state index in [0.29, 0.717) is 6.61 Å². The van der Waals surface area contributed by atoms with Crippen LogP contribution < -0.4 is 0 Å². The van der Waals surface area contributed by atoms with Crippen molar-refractivity contribution in [3.63, 3.8) is 0 Å². The number of aliphatic hydroxyl groups excluding tert-OH is 1. The van der Waals surface area contributed by atoms with Crippen molar-refractivity contribution in [1.82, 2.24) is 0 Å². The summed E-state index contributed by atoms with van der Waals surface area (Å²) in [6.07, 6.45) is -0.418. The largest absolute Gasteiger partial charge is 0.536 e. The smallest absolute Gasteiger partial charge is 0.382 e. The van der Waals surface area contributed by atoms with Gasteiger partial charge in [-0.2, -0.15) is 0 Å². The Morgan fingerprint density at radius 2 is 2.22 bits per heavy atom. The zero-order valence-corrected chi connectivity index (χ0v) is 6.13. The number of rotatable bonds is 5. The lowest BCUT2D eigenvalue weighted by atomic mass is 10.8. The molecular weight excluding hydrogens is 143 g/mol. The molecule has 0 spiro atoms. The fourth-order valence-corrected chi connectivity index (χ4v) is 0.623. The van der Waals surface area contributed by atoms with Gasteiger partial charge in [0.1, 0.15) is 6.61 Å². The van der Waals surface area contributed by atoms with Crippen LogP contribution in [0.4, 0.5) is 0 Å². The molecule has 0 heterocycles. The van der Waals surface area contributed by atoms with Gasteiger partial charge in [0, 0.05) is 7.11 Å². The molecule has 0 aromatic heterocycles. The minimum absolute atomic E-state index is 0.270. The standard InChI is InChI=1S/C4H10O4P/c1-7-2-3-8-9(6)4-5/h5H,2-4H2,1H3/q+1. The SMILES string of the molecule is COCCO[P+](=O)CO. The van der Waals surface area contributed by atoms with Crippen molar-refractivity contribution >= 4 is 8.03 Å². The third-order valence-corrected chi connectivity index (χ3v) is 1.34. The first-order chi connectivity index (χ1) is 4.31. The van der Waals surface area contributed by atoms with Gasteiger partial charge >= 0.3 is 8.03 Å². The zero-order chi connectivity index (χ0) is 7.11. The van der Waals surface area contributed by atoms with Gasteiger partial charge in [-0.25, -0.2) is 0 Å². The van der Waals surface area contributed by atoms with Crippen LogP contribution in [0.1, 0.15) is 0 Å². The van der Waals surface area contributed by atoms with Crippen molar-refractivity contribution in [2.45, 2.75) is 0 Å². The molecule has 0 aliphatic heterocycles. The molecule has 0 aliphatic carbocycles. The Kier molecular flexibility index (Phi) is 6.09. The summed E-state index contributed by atoms with van der Waals surface area (Å²) in [5.74, 6) is 0. The normalized spacial score (nSPS) is 11.6. The molecule has 4 nitrogen and oxygen atoms in total. The van der Waals surface area contributed by atoms with Crippen LogP contribution in [0.25, 0.3) is 0 Å². The molecule has 9 heavy (non-hydrogen) atoms. The second-order valence-corrected chi connectivity index (χ2v) is 2.51.